The molecule has 1 amide bonds. The van der Waals surface area contributed by atoms with Gasteiger partial charge in [0.2, 0.25) is 0 Å². The maximum Gasteiger partial charge on any atom is 0.316 e. The van der Waals surface area contributed by atoms with Gasteiger partial charge in [0.1, 0.15) is 0 Å². The fourth-order valence-electron chi connectivity index (χ4n) is 6.11. The molecule has 4 bridgehead atoms. The van der Waals surface area contributed by atoms with Gasteiger partial charge in [-0.2, -0.15) is 0 Å². The molecule has 1 aliphatic heterocycles. The van der Waals surface area contributed by atoms with Crippen LogP contribution in [0.1, 0.15) is 44.9 Å². The zero-order chi connectivity index (χ0) is 19.1. The molecule has 27 heavy (non-hydrogen) atoms. The van der Waals surface area contributed by atoms with E-state index in [1.807, 2.05) is 0 Å². The van der Waals surface area contributed by atoms with E-state index in [0.29, 0.717) is 13.0 Å². The topological polar surface area (TPSA) is 89.5 Å². The summed E-state index contributed by atoms with van der Waals surface area (Å²) >= 11 is 1.31. The lowest BCUT2D eigenvalue weighted by Crippen LogP contribution is -2.51. The molecule has 8 heteroatoms. The van der Waals surface area contributed by atoms with Crippen LogP contribution in [0.4, 0.5) is 0 Å². The number of nitrogens with one attached hydrogen (secondary N) is 1. The summed E-state index contributed by atoms with van der Waals surface area (Å²) < 4.78 is 27.9. The number of carbonyl (C=O) groups excluding carboxylic acids is 2. The zero-order valence-electron chi connectivity index (χ0n) is 15.7. The van der Waals surface area contributed by atoms with Crippen molar-refractivity contribution in [3.05, 3.63) is 0 Å². The molecule has 0 radical (unpaired) electrons. The number of rotatable bonds is 7. The molecule has 4 aliphatic carbocycles. The van der Waals surface area contributed by atoms with Crippen molar-refractivity contribution in [2.75, 3.05) is 30.4 Å². The molecule has 1 heterocycles. The first-order valence-electron chi connectivity index (χ1n) is 10.1. The number of carbonyl (C=O) groups is 2. The number of hydrogen-bond donors (Lipinski definition) is 1. The molecule has 1 atom stereocenters. The predicted molar refractivity (Wildman–Crippen MR) is 104 cm³/mol. The molecule has 4 saturated carbocycles. The fourth-order valence-corrected chi connectivity index (χ4v) is 9.55. The lowest BCUT2D eigenvalue weighted by Gasteiger charge is -2.56. The highest BCUT2D eigenvalue weighted by molar-refractivity contribution is 8.02. The van der Waals surface area contributed by atoms with Gasteiger partial charge in [0.25, 0.3) is 5.91 Å². The van der Waals surface area contributed by atoms with Gasteiger partial charge in [-0.05, 0) is 68.1 Å². The Morgan fingerprint density at radius 1 is 1.07 bits per heavy atom. The van der Waals surface area contributed by atoms with Crippen LogP contribution in [0.3, 0.4) is 0 Å². The second-order valence-corrected chi connectivity index (χ2v) is 12.7. The van der Waals surface area contributed by atoms with Gasteiger partial charge in [-0.25, -0.2) is 8.42 Å². The number of sulfone groups is 1. The third-order valence-corrected chi connectivity index (χ3v) is 10.1. The minimum atomic E-state index is -2.93. The first kappa shape index (κ1) is 19.6. The van der Waals surface area contributed by atoms with Crippen molar-refractivity contribution < 1.29 is 22.7 Å². The molecule has 0 aromatic rings. The summed E-state index contributed by atoms with van der Waals surface area (Å²) in [5, 5.41) is 2.97. The average molecular weight is 416 g/mol. The van der Waals surface area contributed by atoms with E-state index in [4.69, 9.17) is 4.74 Å². The summed E-state index contributed by atoms with van der Waals surface area (Å²) in [7, 11) is -2.93. The van der Waals surface area contributed by atoms with E-state index in [1.165, 1.54) is 50.3 Å². The normalized spacial score (nSPS) is 38.7. The summed E-state index contributed by atoms with van der Waals surface area (Å²) in [5.74, 6) is 2.31. The fraction of sp³-hybridized carbons (Fsp3) is 0.895. The van der Waals surface area contributed by atoms with Crippen molar-refractivity contribution in [3.8, 4) is 0 Å². The second-order valence-electron chi connectivity index (χ2n) is 9.19. The van der Waals surface area contributed by atoms with E-state index < -0.39 is 15.8 Å². The zero-order valence-corrected chi connectivity index (χ0v) is 17.3. The standard InChI is InChI=1S/C19H29NO5S2/c21-17(9-25-18(22)10-26-16-1-2-27(23,24)11-16)20-12-19-6-13-3-14(7-19)5-15(4-13)8-19/h13-16H,1-12H2,(H,20,21)/t13?,14?,15?,16-,19?/m1/s1. The van der Waals surface area contributed by atoms with E-state index in [0.717, 1.165) is 17.8 Å². The monoisotopic (exact) mass is 415 g/mol. The minimum absolute atomic E-state index is 0.0348. The van der Waals surface area contributed by atoms with E-state index in [-0.39, 0.29) is 40.4 Å². The number of thioether (sulfide) groups is 1. The highest BCUT2D eigenvalue weighted by atomic mass is 32.2. The Kier molecular flexibility index (Phi) is 5.49. The molecule has 5 aliphatic rings. The van der Waals surface area contributed by atoms with Crippen LogP contribution < -0.4 is 5.32 Å². The van der Waals surface area contributed by atoms with Gasteiger partial charge in [-0.3, -0.25) is 9.59 Å². The van der Waals surface area contributed by atoms with Crippen LogP contribution in [0.5, 0.6) is 0 Å². The van der Waals surface area contributed by atoms with E-state index in [2.05, 4.69) is 5.32 Å². The SMILES string of the molecule is O=C(COC(=O)CS[C@@H]1CCS(=O)(=O)C1)NCC12CC3CC(CC(C3)C1)C2. The van der Waals surface area contributed by atoms with Gasteiger partial charge in [-0.1, -0.05) is 0 Å². The molecule has 5 rings (SSSR count). The summed E-state index contributed by atoms with van der Waals surface area (Å²) in [6.07, 6.45) is 8.44. The summed E-state index contributed by atoms with van der Waals surface area (Å²) in [5.41, 5.74) is 0.276. The van der Waals surface area contributed by atoms with Gasteiger partial charge >= 0.3 is 5.97 Å². The summed E-state index contributed by atoms with van der Waals surface area (Å²) in [6.45, 7) is 0.469. The van der Waals surface area contributed by atoms with Gasteiger partial charge < -0.3 is 10.1 Å². The van der Waals surface area contributed by atoms with Gasteiger partial charge in [0, 0.05) is 11.8 Å². The molecule has 5 fully saturated rings. The second kappa shape index (κ2) is 7.58. The predicted octanol–water partition coefficient (Wildman–Crippen LogP) is 1.78. The van der Waals surface area contributed by atoms with Crippen molar-refractivity contribution in [3.63, 3.8) is 0 Å². The molecule has 1 N–H and O–H groups in total. The van der Waals surface area contributed by atoms with E-state index >= 15 is 0 Å². The Labute approximate surface area is 165 Å². The Morgan fingerprint density at radius 2 is 1.70 bits per heavy atom. The van der Waals surface area contributed by atoms with Crippen LogP contribution in [-0.4, -0.2) is 56.0 Å². The summed E-state index contributed by atoms with van der Waals surface area (Å²) in [4.78, 5) is 23.9. The molecule has 0 spiro atoms. The largest absolute Gasteiger partial charge is 0.455 e. The van der Waals surface area contributed by atoms with E-state index in [1.54, 1.807) is 0 Å². The molecule has 1 saturated heterocycles. The first-order valence-corrected chi connectivity index (χ1v) is 12.9. The maximum absolute atomic E-state index is 12.1. The Bertz CT molecular complexity index is 670. The maximum atomic E-state index is 12.1. The number of ether oxygens (including phenoxy) is 1. The number of hydrogen-bond acceptors (Lipinski definition) is 6. The van der Waals surface area contributed by atoms with Crippen LogP contribution in [0.25, 0.3) is 0 Å². The quantitative estimate of drug-likeness (QED) is 0.638. The van der Waals surface area contributed by atoms with Crippen LogP contribution in [-0.2, 0) is 24.2 Å². The van der Waals surface area contributed by atoms with Crippen molar-refractivity contribution in [1.82, 2.24) is 5.32 Å². The Balaban J connectivity index is 1.14. The van der Waals surface area contributed by atoms with Crippen LogP contribution in [0.2, 0.25) is 0 Å². The Hall–Kier alpha value is -0.760. The highest BCUT2D eigenvalue weighted by Crippen LogP contribution is 2.59. The van der Waals surface area contributed by atoms with Crippen molar-refractivity contribution in [1.29, 1.82) is 0 Å². The number of amides is 1. The third kappa shape index (κ3) is 4.81. The average Bonchev–Trinajstić information content (AvgIpc) is 2.94. The molecule has 0 aromatic heterocycles. The lowest BCUT2D eigenvalue weighted by atomic mass is 9.49. The van der Waals surface area contributed by atoms with Gasteiger partial charge in [-0.15, -0.1) is 11.8 Å². The van der Waals surface area contributed by atoms with Crippen molar-refractivity contribution in [2.24, 2.45) is 23.2 Å². The van der Waals surface area contributed by atoms with Crippen molar-refractivity contribution in [2.45, 2.75) is 50.2 Å². The van der Waals surface area contributed by atoms with Crippen LogP contribution in [0, 0.1) is 23.2 Å². The molecule has 6 nitrogen and oxygen atoms in total. The first-order chi connectivity index (χ1) is 12.8. The van der Waals surface area contributed by atoms with Crippen LogP contribution in [0.15, 0.2) is 0 Å². The Morgan fingerprint density at radius 3 is 2.26 bits per heavy atom. The van der Waals surface area contributed by atoms with Gasteiger partial charge in [0.15, 0.2) is 16.4 Å². The molecular formula is C19H29NO5S2. The van der Waals surface area contributed by atoms with Crippen LogP contribution >= 0.6 is 11.8 Å². The third-order valence-electron chi connectivity index (χ3n) is 6.82. The highest BCUT2D eigenvalue weighted by Gasteiger charge is 2.50. The van der Waals surface area contributed by atoms with Gasteiger partial charge in [0.05, 0.1) is 17.3 Å². The van der Waals surface area contributed by atoms with E-state index in [9.17, 15) is 18.0 Å². The minimum Gasteiger partial charge on any atom is -0.455 e. The smallest absolute Gasteiger partial charge is 0.316 e. The molecular weight excluding hydrogens is 386 g/mol. The molecule has 0 unspecified atom stereocenters. The lowest BCUT2D eigenvalue weighted by molar-refractivity contribution is -0.146. The van der Waals surface area contributed by atoms with Crippen molar-refractivity contribution >= 4 is 33.5 Å². The molecule has 0 aromatic carbocycles. The summed E-state index contributed by atoms with van der Waals surface area (Å²) in [6, 6.07) is 0. The molecule has 152 valence electrons. The number of esters is 1.